The lowest BCUT2D eigenvalue weighted by atomic mass is 9.95. The maximum Gasteiger partial charge on any atom is 0.164 e. The van der Waals surface area contributed by atoms with Crippen LogP contribution in [-0.2, 0) is 0 Å². The van der Waals surface area contributed by atoms with Gasteiger partial charge in [-0.3, -0.25) is 0 Å². The molecule has 0 amide bonds. The zero-order chi connectivity index (χ0) is 33.0. The van der Waals surface area contributed by atoms with Crippen LogP contribution in [0.15, 0.2) is 168 Å². The van der Waals surface area contributed by atoms with Crippen LogP contribution in [0.25, 0.3) is 98.5 Å². The Kier molecular flexibility index (Phi) is 6.64. The van der Waals surface area contributed by atoms with Crippen molar-refractivity contribution in [3.8, 4) is 56.4 Å². The summed E-state index contributed by atoms with van der Waals surface area (Å²) >= 11 is 1.79. The van der Waals surface area contributed by atoms with Crippen molar-refractivity contribution >= 4 is 53.4 Å². The largest absolute Gasteiger partial charge is 0.456 e. The van der Waals surface area contributed by atoms with Crippen molar-refractivity contribution in [1.82, 2.24) is 15.0 Å². The molecule has 0 bridgehead atoms. The molecule has 0 unspecified atom stereocenters. The Balaban J connectivity index is 1.18. The molecule has 3 heterocycles. The Labute approximate surface area is 292 Å². The molecular formula is C45H27N3OS. The summed E-state index contributed by atoms with van der Waals surface area (Å²) in [6, 6.07) is 56.8. The van der Waals surface area contributed by atoms with E-state index in [1.807, 2.05) is 54.6 Å². The minimum absolute atomic E-state index is 0.604. The minimum Gasteiger partial charge on any atom is -0.456 e. The molecule has 10 rings (SSSR count). The summed E-state index contributed by atoms with van der Waals surface area (Å²) in [7, 11) is 0. The van der Waals surface area contributed by atoms with Gasteiger partial charge in [0.15, 0.2) is 17.5 Å². The van der Waals surface area contributed by atoms with Gasteiger partial charge in [0.2, 0.25) is 0 Å². The minimum atomic E-state index is 0.604. The highest BCUT2D eigenvalue weighted by Crippen LogP contribution is 2.42. The quantitative estimate of drug-likeness (QED) is 0.185. The average Bonchev–Trinajstić information content (AvgIpc) is 3.77. The predicted octanol–water partition coefficient (Wildman–Crippen LogP) is 12.5. The highest BCUT2D eigenvalue weighted by Gasteiger charge is 2.20. The van der Waals surface area contributed by atoms with E-state index in [0.717, 1.165) is 49.8 Å². The smallest absolute Gasteiger partial charge is 0.164 e. The van der Waals surface area contributed by atoms with Crippen molar-refractivity contribution in [3.63, 3.8) is 0 Å². The van der Waals surface area contributed by atoms with Crippen molar-refractivity contribution in [2.24, 2.45) is 0 Å². The van der Waals surface area contributed by atoms with Crippen molar-refractivity contribution in [1.29, 1.82) is 0 Å². The topological polar surface area (TPSA) is 51.8 Å². The zero-order valence-corrected chi connectivity index (χ0v) is 27.6. The Morgan fingerprint density at radius 2 is 0.900 bits per heavy atom. The van der Waals surface area contributed by atoms with Gasteiger partial charge in [0.05, 0.1) is 0 Å². The molecule has 7 aromatic carbocycles. The van der Waals surface area contributed by atoms with Crippen LogP contribution in [0.3, 0.4) is 0 Å². The molecule has 0 saturated heterocycles. The van der Waals surface area contributed by atoms with Crippen molar-refractivity contribution < 1.29 is 4.42 Å². The molecule has 0 aliphatic rings. The predicted molar refractivity (Wildman–Crippen MR) is 207 cm³/mol. The van der Waals surface area contributed by atoms with Crippen LogP contribution in [-0.4, -0.2) is 15.0 Å². The summed E-state index contributed by atoms with van der Waals surface area (Å²) in [4.78, 5) is 15.4. The van der Waals surface area contributed by atoms with Crippen molar-refractivity contribution in [3.05, 3.63) is 164 Å². The molecule has 0 saturated carbocycles. The van der Waals surface area contributed by atoms with Gasteiger partial charge in [-0.05, 0) is 46.5 Å². The molecule has 5 heteroatoms. The van der Waals surface area contributed by atoms with Crippen LogP contribution in [0.1, 0.15) is 0 Å². The molecule has 0 spiro atoms. The second-order valence-electron chi connectivity index (χ2n) is 12.4. The second kappa shape index (κ2) is 11.6. The summed E-state index contributed by atoms with van der Waals surface area (Å²) in [5.74, 6) is 1.87. The third kappa shape index (κ3) is 4.79. The fraction of sp³-hybridized carbons (Fsp3) is 0. The number of fused-ring (bicyclic) bond motifs is 6. The third-order valence-corrected chi connectivity index (χ3v) is 10.5. The maximum absolute atomic E-state index is 6.51. The van der Waals surface area contributed by atoms with E-state index >= 15 is 0 Å². The Hall–Kier alpha value is -6.43. The summed E-state index contributed by atoms with van der Waals surface area (Å²) in [5.41, 5.74) is 8.99. The van der Waals surface area contributed by atoms with Gasteiger partial charge in [-0.2, -0.15) is 0 Å². The lowest BCUT2D eigenvalue weighted by Crippen LogP contribution is -2.00. The van der Waals surface area contributed by atoms with Crippen molar-refractivity contribution in [2.75, 3.05) is 0 Å². The molecule has 0 aliphatic heterocycles. The third-order valence-electron chi connectivity index (χ3n) is 9.37. The van der Waals surface area contributed by atoms with E-state index in [-0.39, 0.29) is 0 Å². The maximum atomic E-state index is 6.51. The summed E-state index contributed by atoms with van der Waals surface area (Å²) in [5, 5.41) is 4.54. The molecule has 0 radical (unpaired) electrons. The molecule has 50 heavy (non-hydrogen) atoms. The van der Waals surface area contributed by atoms with E-state index in [4.69, 9.17) is 19.4 Å². The number of thiophene rings is 1. The standard InChI is InChI=1S/C45H27N3OS/c1-3-11-28(12-4-1)29-21-23-30(24-22-29)33-16-9-18-37-41(33)42-36(17-10-19-38(42)49-37)45-47-43(31-13-5-2-6-14-31)46-44(48-45)32-25-26-35-34-15-7-8-20-39(34)50-40(35)27-32/h1-27H. The van der Waals surface area contributed by atoms with Gasteiger partial charge in [-0.15, -0.1) is 11.3 Å². The summed E-state index contributed by atoms with van der Waals surface area (Å²) < 4.78 is 8.98. The Morgan fingerprint density at radius 3 is 1.66 bits per heavy atom. The second-order valence-corrected chi connectivity index (χ2v) is 13.5. The first-order chi connectivity index (χ1) is 24.8. The molecule has 234 valence electrons. The van der Waals surface area contributed by atoms with Gasteiger partial charge < -0.3 is 4.42 Å². The highest BCUT2D eigenvalue weighted by atomic mass is 32.1. The normalized spacial score (nSPS) is 11.6. The van der Waals surface area contributed by atoms with E-state index in [9.17, 15) is 0 Å². The Bertz CT molecular complexity index is 2860. The van der Waals surface area contributed by atoms with Crippen molar-refractivity contribution in [2.45, 2.75) is 0 Å². The first-order valence-electron chi connectivity index (χ1n) is 16.6. The lowest BCUT2D eigenvalue weighted by Gasteiger charge is -2.10. The number of benzene rings is 7. The molecule has 0 N–H and O–H groups in total. The van der Waals surface area contributed by atoms with E-state index in [2.05, 4.69) is 109 Å². The average molecular weight is 658 g/mol. The van der Waals surface area contributed by atoms with Crippen LogP contribution in [0, 0.1) is 0 Å². The summed E-state index contributed by atoms with van der Waals surface area (Å²) in [6.07, 6.45) is 0. The van der Waals surface area contributed by atoms with Gasteiger partial charge >= 0.3 is 0 Å². The molecule has 0 atom stereocenters. The van der Waals surface area contributed by atoms with Gasteiger partial charge in [-0.25, -0.2) is 15.0 Å². The van der Waals surface area contributed by atoms with Gasteiger partial charge in [0.1, 0.15) is 11.2 Å². The Morgan fingerprint density at radius 1 is 0.360 bits per heavy atom. The number of furan rings is 1. The van der Waals surface area contributed by atoms with E-state index in [1.165, 1.54) is 31.3 Å². The molecule has 0 aliphatic carbocycles. The number of aromatic nitrogens is 3. The highest BCUT2D eigenvalue weighted by molar-refractivity contribution is 7.25. The first-order valence-corrected chi connectivity index (χ1v) is 17.4. The fourth-order valence-electron chi connectivity index (χ4n) is 6.97. The number of rotatable bonds is 5. The number of hydrogen-bond donors (Lipinski definition) is 0. The van der Waals surface area contributed by atoms with Crippen LogP contribution in [0.5, 0.6) is 0 Å². The molecule has 4 nitrogen and oxygen atoms in total. The monoisotopic (exact) mass is 657 g/mol. The van der Waals surface area contributed by atoms with Crippen LogP contribution < -0.4 is 0 Å². The van der Waals surface area contributed by atoms with E-state index in [0.29, 0.717) is 17.5 Å². The first kappa shape index (κ1) is 28.6. The summed E-state index contributed by atoms with van der Waals surface area (Å²) in [6.45, 7) is 0. The SMILES string of the molecule is c1ccc(-c2ccc(-c3cccc4oc5cccc(-c6nc(-c7ccccc7)nc(-c7ccc8c(c7)sc7ccccc78)n6)c5c34)cc2)cc1. The number of nitrogens with zero attached hydrogens (tertiary/aromatic N) is 3. The zero-order valence-electron chi connectivity index (χ0n) is 26.7. The van der Waals surface area contributed by atoms with Crippen LogP contribution in [0.4, 0.5) is 0 Å². The van der Waals surface area contributed by atoms with Crippen LogP contribution in [0.2, 0.25) is 0 Å². The molecule has 10 aromatic rings. The number of hydrogen-bond acceptors (Lipinski definition) is 5. The van der Waals surface area contributed by atoms with Gasteiger partial charge in [0, 0.05) is 47.6 Å². The fourth-order valence-corrected chi connectivity index (χ4v) is 8.12. The lowest BCUT2D eigenvalue weighted by molar-refractivity contribution is 0.669. The van der Waals surface area contributed by atoms with E-state index in [1.54, 1.807) is 11.3 Å². The molecule has 0 fully saturated rings. The van der Waals surface area contributed by atoms with E-state index < -0.39 is 0 Å². The molecule has 3 aromatic heterocycles. The molecular weight excluding hydrogens is 631 g/mol. The van der Waals surface area contributed by atoms with Gasteiger partial charge in [-0.1, -0.05) is 140 Å². The van der Waals surface area contributed by atoms with Gasteiger partial charge in [0.25, 0.3) is 0 Å². The van der Waals surface area contributed by atoms with Crippen LogP contribution >= 0.6 is 11.3 Å².